The maximum atomic E-state index is 13.3. The van der Waals surface area contributed by atoms with Crippen LogP contribution < -0.4 is 15.0 Å². The van der Waals surface area contributed by atoms with Crippen LogP contribution in [0.15, 0.2) is 58.4 Å². The zero-order valence-electron chi connectivity index (χ0n) is 22.8. The molecule has 2 amide bonds. The number of amides is 2. The lowest BCUT2D eigenvalue weighted by atomic mass is 9.81. The topological polar surface area (TPSA) is 90.2 Å². The van der Waals surface area contributed by atoms with Crippen LogP contribution in [-0.4, -0.2) is 51.8 Å². The highest BCUT2D eigenvalue weighted by Crippen LogP contribution is 2.47. The number of imide groups is 1. The van der Waals surface area contributed by atoms with Gasteiger partial charge in [0.25, 0.3) is 17.4 Å². The number of fused-ring (bicyclic) bond motifs is 4. The second-order valence-corrected chi connectivity index (χ2v) is 11.7. The van der Waals surface area contributed by atoms with Crippen molar-refractivity contribution in [1.29, 1.82) is 0 Å². The molecule has 0 saturated carbocycles. The summed E-state index contributed by atoms with van der Waals surface area (Å²) >= 11 is 0. The van der Waals surface area contributed by atoms with E-state index in [1.165, 1.54) is 9.47 Å². The molecule has 0 bridgehead atoms. The number of rotatable bonds is 5. The van der Waals surface area contributed by atoms with Crippen LogP contribution in [0.1, 0.15) is 70.7 Å². The number of pyridine rings is 1. The minimum Gasteiger partial charge on any atom is -0.493 e. The molecule has 6 rings (SSSR count). The Bertz CT molecular complexity index is 1610. The summed E-state index contributed by atoms with van der Waals surface area (Å²) in [5.74, 6) is 0.799. The Hall–Kier alpha value is -4.20. The highest BCUT2D eigenvalue weighted by atomic mass is 16.5. The molecule has 3 aliphatic heterocycles. The number of carbonyl (C=O) groups excluding carboxylic acids is 2. The summed E-state index contributed by atoms with van der Waals surface area (Å²) in [5.41, 5.74) is 4.52. The van der Waals surface area contributed by atoms with Crippen molar-refractivity contribution < 1.29 is 19.1 Å². The van der Waals surface area contributed by atoms with E-state index in [0.29, 0.717) is 17.5 Å². The van der Waals surface area contributed by atoms with Crippen LogP contribution in [0.25, 0.3) is 0 Å². The third-order valence-electron chi connectivity index (χ3n) is 7.61. The maximum Gasteiger partial charge on any atom is 0.261 e. The van der Waals surface area contributed by atoms with Gasteiger partial charge in [0.05, 0.1) is 29.5 Å². The summed E-state index contributed by atoms with van der Waals surface area (Å²) in [6.07, 6.45) is 3.16. The van der Waals surface area contributed by atoms with Crippen molar-refractivity contribution in [2.45, 2.75) is 58.2 Å². The van der Waals surface area contributed by atoms with Gasteiger partial charge in [-0.05, 0) is 63.9 Å². The van der Waals surface area contributed by atoms with Gasteiger partial charge in [-0.2, -0.15) is 0 Å². The van der Waals surface area contributed by atoms with Gasteiger partial charge in [-0.3, -0.25) is 24.3 Å². The van der Waals surface area contributed by atoms with Gasteiger partial charge in [0.15, 0.2) is 11.5 Å². The maximum absolute atomic E-state index is 13.3. The summed E-state index contributed by atoms with van der Waals surface area (Å²) in [4.78, 5) is 45.0. The molecule has 0 N–H and O–H groups in total. The predicted molar refractivity (Wildman–Crippen MR) is 147 cm³/mol. The van der Waals surface area contributed by atoms with Gasteiger partial charge in [0.1, 0.15) is 5.60 Å². The first-order valence-corrected chi connectivity index (χ1v) is 13.2. The fraction of sp³-hybridized carbons (Fsp3) is 0.355. The molecule has 8 nitrogen and oxygen atoms in total. The summed E-state index contributed by atoms with van der Waals surface area (Å²) in [6.45, 7) is 8.59. The van der Waals surface area contributed by atoms with Gasteiger partial charge < -0.3 is 14.0 Å². The minimum absolute atomic E-state index is 0.113. The van der Waals surface area contributed by atoms with Crippen molar-refractivity contribution in [3.05, 3.63) is 92.4 Å². The van der Waals surface area contributed by atoms with E-state index >= 15 is 0 Å². The molecule has 2 aromatic carbocycles. The van der Waals surface area contributed by atoms with E-state index in [9.17, 15) is 14.4 Å². The number of carbonyl (C=O) groups is 2. The van der Waals surface area contributed by atoms with Crippen molar-refractivity contribution in [1.82, 2.24) is 9.47 Å². The highest BCUT2D eigenvalue weighted by Gasteiger charge is 2.40. The smallest absolute Gasteiger partial charge is 0.261 e. The molecule has 0 unspecified atom stereocenters. The molecule has 0 fully saturated rings. The Labute approximate surface area is 226 Å². The van der Waals surface area contributed by atoms with Crippen LogP contribution in [0.5, 0.6) is 11.5 Å². The molecule has 0 atom stereocenters. The van der Waals surface area contributed by atoms with E-state index in [2.05, 4.69) is 27.7 Å². The summed E-state index contributed by atoms with van der Waals surface area (Å²) in [5, 5.41) is 0. The zero-order chi connectivity index (χ0) is 27.7. The number of nitrogens with zero attached hydrogens (tertiary/aromatic N) is 3. The van der Waals surface area contributed by atoms with Gasteiger partial charge in [0.2, 0.25) is 0 Å². The summed E-state index contributed by atoms with van der Waals surface area (Å²) in [7, 11) is 1.65. The first-order chi connectivity index (χ1) is 18.5. The summed E-state index contributed by atoms with van der Waals surface area (Å²) in [6, 6.07) is 12.3. The molecule has 8 heteroatoms. The van der Waals surface area contributed by atoms with Crippen LogP contribution in [0, 0.1) is 0 Å². The van der Waals surface area contributed by atoms with Crippen LogP contribution in [0.3, 0.4) is 0 Å². The Morgan fingerprint density at radius 3 is 2.28 bits per heavy atom. The molecule has 0 saturated heterocycles. The van der Waals surface area contributed by atoms with E-state index < -0.39 is 0 Å². The predicted octanol–water partition coefficient (Wildman–Crippen LogP) is 4.04. The Balaban J connectivity index is 1.33. The van der Waals surface area contributed by atoms with Crippen LogP contribution in [0.4, 0.5) is 0 Å². The lowest BCUT2D eigenvalue weighted by molar-refractivity contribution is 0.0648. The Morgan fingerprint density at radius 2 is 1.64 bits per heavy atom. The SMILES string of the molecule is COc1cc2c(c3c1OC(C)(C)C3)C(c1ccn(CCN3C(=O)c4ccccc4C3=O)c(=O)c1)=NC(C)(C)C2. The molecule has 39 heavy (non-hydrogen) atoms. The zero-order valence-corrected chi connectivity index (χ0v) is 22.8. The van der Waals surface area contributed by atoms with Crippen LogP contribution in [-0.2, 0) is 19.4 Å². The monoisotopic (exact) mass is 525 g/mol. The van der Waals surface area contributed by atoms with Crippen molar-refractivity contribution in [2.75, 3.05) is 13.7 Å². The molecule has 1 aromatic heterocycles. The molecular formula is C31H31N3O5. The molecule has 0 radical (unpaired) electrons. The van der Waals surface area contributed by atoms with Crippen molar-refractivity contribution in [3.8, 4) is 11.5 Å². The third kappa shape index (κ3) is 4.15. The average molecular weight is 526 g/mol. The minimum atomic E-state index is -0.379. The number of hydrogen-bond acceptors (Lipinski definition) is 6. The van der Waals surface area contributed by atoms with Gasteiger partial charge in [0, 0.05) is 48.5 Å². The lowest BCUT2D eigenvalue weighted by Crippen LogP contribution is -2.35. The standard InChI is InChI=1S/C31H31N3O5/c1-30(2)16-19-14-23(38-5)27-22(17-31(3,4)39-27)25(19)26(32-30)18-10-11-33(24(35)15-18)12-13-34-28(36)20-8-6-7-9-21(20)29(34)37/h6-11,14-15H,12-13,16-17H2,1-5H3. The van der Waals surface area contributed by atoms with Crippen LogP contribution in [0.2, 0.25) is 0 Å². The third-order valence-corrected chi connectivity index (χ3v) is 7.61. The number of methoxy groups -OCH3 is 1. The quantitative estimate of drug-likeness (QED) is 0.469. The molecule has 0 spiro atoms. The van der Waals surface area contributed by atoms with Gasteiger partial charge in [-0.25, -0.2) is 0 Å². The fourth-order valence-corrected chi connectivity index (χ4v) is 5.92. The van der Waals surface area contributed by atoms with E-state index in [0.717, 1.165) is 45.9 Å². The van der Waals surface area contributed by atoms with Crippen molar-refractivity contribution in [3.63, 3.8) is 0 Å². The van der Waals surface area contributed by atoms with Gasteiger partial charge >= 0.3 is 0 Å². The van der Waals surface area contributed by atoms with Gasteiger partial charge in [-0.1, -0.05) is 12.1 Å². The van der Waals surface area contributed by atoms with Gasteiger partial charge in [-0.15, -0.1) is 0 Å². The number of ether oxygens (including phenoxy) is 2. The number of aromatic nitrogens is 1. The molecule has 3 aliphatic rings. The Kier molecular flexibility index (Phi) is 5.57. The van der Waals surface area contributed by atoms with E-state index in [4.69, 9.17) is 14.5 Å². The largest absolute Gasteiger partial charge is 0.493 e. The second kappa shape index (κ2) is 8.66. The van der Waals surface area contributed by atoms with E-state index in [1.807, 2.05) is 12.1 Å². The molecular weight excluding hydrogens is 494 g/mol. The Morgan fingerprint density at radius 1 is 0.949 bits per heavy atom. The second-order valence-electron chi connectivity index (χ2n) is 11.7. The van der Waals surface area contributed by atoms with Crippen LogP contribution >= 0.6 is 0 Å². The molecule has 200 valence electrons. The number of benzene rings is 2. The summed E-state index contributed by atoms with van der Waals surface area (Å²) < 4.78 is 13.5. The number of hydrogen-bond donors (Lipinski definition) is 0. The lowest BCUT2D eigenvalue weighted by Gasteiger charge is -2.31. The highest BCUT2D eigenvalue weighted by molar-refractivity contribution is 6.21. The van der Waals surface area contributed by atoms with E-state index in [-0.39, 0.29) is 41.6 Å². The molecule has 3 aromatic rings. The first kappa shape index (κ1) is 25.1. The van der Waals surface area contributed by atoms with Crippen molar-refractivity contribution >= 4 is 17.5 Å². The number of aliphatic imine (C=N–C) groups is 1. The molecule has 4 heterocycles. The fourth-order valence-electron chi connectivity index (χ4n) is 5.92. The van der Waals surface area contributed by atoms with E-state index in [1.54, 1.807) is 43.6 Å². The first-order valence-electron chi connectivity index (χ1n) is 13.2. The van der Waals surface area contributed by atoms with Crippen molar-refractivity contribution in [2.24, 2.45) is 4.99 Å². The normalized spacial score (nSPS) is 18.3. The average Bonchev–Trinajstić information content (AvgIpc) is 3.34. The molecule has 0 aliphatic carbocycles.